The summed E-state index contributed by atoms with van der Waals surface area (Å²) in [7, 11) is 2.09. The Hall–Kier alpha value is -2.29. The Morgan fingerprint density at radius 3 is 2.36 bits per heavy atom. The minimum Gasteiger partial charge on any atom is -0.339 e. The summed E-state index contributed by atoms with van der Waals surface area (Å²) < 4.78 is 0. The maximum absolute atomic E-state index is 8.77. The van der Waals surface area contributed by atoms with Crippen molar-refractivity contribution in [3.8, 4) is 0 Å². The largest absolute Gasteiger partial charge is 0.339 e. The molecular formula is C22H27N3. The summed E-state index contributed by atoms with van der Waals surface area (Å²) in [5.41, 5.74) is 2.74. The lowest BCUT2D eigenvalue weighted by atomic mass is 9.95. The van der Waals surface area contributed by atoms with E-state index in [1.807, 2.05) is 0 Å². The second-order valence-electron chi connectivity index (χ2n) is 7.41. The van der Waals surface area contributed by atoms with Gasteiger partial charge in [0, 0.05) is 19.1 Å². The van der Waals surface area contributed by atoms with Crippen LogP contribution in [0.25, 0.3) is 0 Å². The van der Waals surface area contributed by atoms with Gasteiger partial charge in [0.15, 0.2) is 5.96 Å². The predicted octanol–water partition coefficient (Wildman–Crippen LogP) is 4.46. The van der Waals surface area contributed by atoms with Crippen molar-refractivity contribution in [3.63, 3.8) is 0 Å². The van der Waals surface area contributed by atoms with Crippen molar-refractivity contribution in [1.29, 1.82) is 5.41 Å². The quantitative estimate of drug-likeness (QED) is 0.895. The van der Waals surface area contributed by atoms with Crippen molar-refractivity contribution in [2.75, 3.05) is 7.05 Å². The van der Waals surface area contributed by atoms with Crippen molar-refractivity contribution in [3.05, 3.63) is 71.8 Å². The first-order chi connectivity index (χ1) is 12.2. The third kappa shape index (κ3) is 3.15. The van der Waals surface area contributed by atoms with Gasteiger partial charge in [-0.2, -0.15) is 0 Å². The number of guanidine groups is 1. The number of aryl methyl sites for hydroxylation is 1. The van der Waals surface area contributed by atoms with E-state index in [-0.39, 0.29) is 0 Å². The van der Waals surface area contributed by atoms with Crippen molar-refractivity contribution in [1.82, 2.24) is 9.80 Å². The van der Waals surface area contributed by atoms with Crippen molar-refractivity contribution < 1.29 is 0 Å². The Bertz CT molecular complexity index is 707. The number of benzene rings is 2. The van der Waals surface area contributed by atoms with Crippen molar-refractivity contribution in [2.24, 2.45) is 0 Å². The van der Waals surface area contributed by atoms with E-state index in [2.05, 4.69) is 77.5 Å². The SMILES string of the molecule is CN1C(=N)N2[C@@H](CCc3ccccc3)CC[C@@H]2C[C@@H]1c1ccccc1. The molecule has 0 unspecified atom stereocenters. The summed E-state index contributed by atoms with van der Waals surface area (Å²) >= 11 is 0. The van der Waals surface area contributed by atoms with Gasteiger partial charge in [0.1, 0.15) is 0 Å². The number of nitrogens with one attached hydrogen (secondary N) is 1. The summed E-state index contributed by atoms with van der Waals surface area (Å²) in [6, 6.07) is 22.8. The Balaban J connectivity index is 1.46. The van der Waals surface area contributed by atoms with Gasteiger partial charge < -0.3 is 9.80 Å². The van der Waals surface area contributed by atoms with Gasteiger partial charge in [0.05, 0.1) is 6.04 Å². The molecule has 0 aromatic heterocycles. The van der Waals surface area contributed by atoms with E-state index >= 15 is 0 Å². The minimum atomic E-state index is 0.336. The lowest BCUT2D eigenvalue weighted by molar-refractivity contribution is 0.156. The predicted molar refractivity (Wildman–Crippen MR) is 103 cm³/mol. The Kier molecular flexibility index (Phi) is 4.48. The molecule has 0 aliphatic carbocycles. The van der Waals surface area contributed by atoms with Crippen LogP contribution >= 0.6 is 0 Å². The molecule has 2 aliphatic rings. The van der Waals surface area contributed by atoms with Gasteiger partial charge >= 0.3 is 0 Å². The summed E-state index contributed by atoms with van der Waals surface area (Å²) in [6.07, 6.45) is 5.82. The van der Waals surface area contributed by atoms with E-state index < -0.39 is 0 Å². The molecule has 25 heavy (non-hydrogen) atoms. The highest BCUT2D eigenvalue weighted by atomic mass is 15.4. The molecule has 3 atom stereocenters. The number of hydrogen-bond acceptors (Lipinski definition) is 1. The summed E-state index contributed by atoms with van der Waals surface area (Å²) in [5.74, 6) is 0.709. The molecule has 0 bridgehead atoms. The van der Waals surface area contributed by atoms with E-state index in [0.717, 1.165) is 19.3 Å². The van der Waals surface area contributed by atoms with Crippen molar-refractivity contribution in [2.45, 2.75) is 50.2 Å². The maximum Gasteiger partial charge on any atom is 0.194 e. The van der Waals surface area contributed by atoms with E-state index in [4.69, 9.17) is 5.41 Å². The molecule has 2 fully saturated rings. The molecule has 2 heterocycles. The molecule has 3 heteroatoms. The molecule has 2 aromatic carbocycles. The zero-order chi connectivity index (χ0) is 17.2. The molecule has 2 saturated heterocycles. The topological polar surface area (TPSA) is 30.3 Å². The molecule has 4 rings (SSSR count). The van der Waals surface area contributed by atoms with Gasteiger partial charge in [-0.25, -0.2) is 0 Å². The van der Waals surface area contributed by atoms with Crippen LogP contribution in [0.1, 0.15) is 42.9 Å². The Morgan fingerprint density at radius 1 is 0.960 bits per heavy atom. The Labute approximate surface area is 150 Å². The first-order valence-corrected chi connectivity index (χ1v) is 9.42. The third-order valence-corrected chi connectivity index (χ3v) is 5.95. The number of nitrogens with zero attached hydrogens (tertiary/aromatic N) is 2. The van der Waals surface area contributed by atoms with Crippen LogP contribution in [0.15, 0.2) is 60.7 Å². The first kappa shape index (κ1) is 16.2. The number of fused-ring (bicyclic) bond motifs is 1. The molecule has 0 spiro atoms. The van der Waals surface area contributed by atoms with Gasteiger partial charge in [0.2, 0.25) is 0 Å². The Morgan fingerprint density at radius 2 is 1.64 bits per heavy atom. The smallest absolute Gasteiger partial charge is 0.194 e. The van der Waals surface area contributed by atoms with Gasteiger partial charge in [-0.15, -0.1) is 0 Å². The molecule has 2 aliphatic heterocycles. The van der Waals surface area contributed by atoms with E-state index in [0.29, 0.717) is 24.1 Å². The summed E-state index contributed by atoms with van der Waals surface area (Å²) in [6.45, 7) is 0. The average Bonchev–Trinajstić information content (AvgIpc) is 3.07. The molecule has 3 nitrogen and oxygen atoms in total. The fraction of sp³-hybridized carbons (Fsp3) is 0.409. The molecule has 0 saturated carbocycles. The van der Waals surface area contributed by atoms with Crippen LogP contribution in [-0.2, 0) is 6.42 Å². The van der Waals surface area contributed by atoms with Crippen LogP contribution in [0.5, 0.6) is 0 Å². The molecular weight excluding hydrogens is 306 g/mol. The van der Waals surface area contributed by atoms with Crippen LogP contribution in [0.3, 0.4) is 0 Å². The highest BCUT2D eigenvalue weighted by Gasteiger charge is 2.42. The normalized spacial score (nSPS) is 26.0. The average molecular weight is 333 g/mol. The fourth-order valence-corrected chi connectivity index (χ4v) is 4.58. The zero-order valence-electron chi connectivity index (χ0n) is 14.9. The fourth-order valence-electron chi connectivity index (χ4n) is 4.58. The lowest BCUT2D eigenvalue weighted by Crippen LogP contribution is -2.54. The highest BCUT2D eigenvalue weighted by Crippen LogP contribution is 2.40. The first-order valence-electron chi connectivity index (χ1n) is 9.42. The van der Waals surface area contributed by atoms with Crippen LogP contribution in [-0.4, -0.2) is 34.9 Å². The number of rotatable bonds is 4. The second kappa shape index (κ2) is 6.91. The summed E-state index contributed by atoms with van der Waals surface area (Å²) in [4.78, 5) is 4.58. The highest BCUT2D eigenvalue weighted by molar-refractivity contribution is 5.79. The minimum absolute atomic E-state index is 0.336. The molecule has 130 valence electrons. The van der Waals surface area contributed by atoms with Gasteiger partial charge in [-0.1, -0.05) is 60.7 Å². The van der Waals surface area contributed by atoms with E-state index in [1.54, 1.807) is 0 Å². The lowest BCUT2D eigenvalue weighted by Gasteiger charge is -2.46. The third-order valence-electron chi connectivity index (χ3n) is 5.95. The van der Waals surface area contributed by atoms with Gasteiger partial charge in [-0.05, 0) is 43.2 Å². The van der Waals surface area contributed by atoms with E-state index in [9.17, 15) is 0 Å². The molecule has 2 aromatic rings. The molecule has 0 amide bonds. The molecule has 0 radical (unpaired) electrons. The van der Waals surface area contributed by atoms with Crippen LogP contribution in [0.2, 0.25) is 0 Å². The number of hydrogen-bond donors (Lipinski definition) is 1. The summed E-state index contributed by atoms with van der Waals surface area (Å²) in [5, 5.41) is 8.77. The second-order valence-corrected chi connectivity index (χ2v) is 7.41. The zero-order valence-corrected chi connectivity index (χ0v) is 14.9. The monoisotopic (exact) mass is 333 g/mol. The molecule has 1 N–H and O–H groups in total. The van der Waals surface area contributed by atoms with Crippen LogP contribution < -0.4 is 0 Å². The van der Waals surface area contributed by atoms with Crippen LogP contribution in [0, 0.1) is 5.41 Å². The maximum atomic E-state index is 8.77. The van der Waals surface area contributed by atoms with Crippen molar-refractivity contribution >= 4 is 5.96 Å². The van der Waals surface area contributed by atoms with Gasteiger partial charge in [0.25, 0.3) is 0 Å². The standard InChI is InChI=1S/C22H27N3/c1-24-21(18-10-6-3-7-11-18)16-20-15-14-19(25(20)22(24)23)13-12-17-8-4-2-5-9-17/h2-11,19-21,23H,12-16H2,1H3/t19-,20+,21+/m0/s1. The van der Waals surface area contributed by atoms with E-state index in [1.165, 1.54) is 24.0 Å². The van der Waals surface area contributed by atoms with Gasteiger partial charge in [-0.3, -0.25) is 5.41 Å². The van der Waals surface area contributed by atoms with Crippen LogP contribution in [0.4, 0.5) is 0 Å².